The number of hydrogen-bond acceptors (Lipinski definition) is 1. The molecular formula is C17H28ClN. The molecule has 19 heavy (non-hydrogen) atoms. The fourth-order valence-corrected chi connectivity index (χ4v) is 2.44. The van der Waals surface area contributed by atoms with Crippen LogP contribution in [-0.4, -0.2) is 12.6 Å². The minimum Gasteiger partial charge on any atom is -0.314 e. The standard InChI is InChI=1S/C17H28ClN/c1-4-5-6-7-8-16(13-19-14(2)3)15-9-11-17(18)12-10-15/h9-12,14,16,19H,4-8,13H2,1-3H3. The second-order valence-corrected chi connectivity index (χ2v) is 6.10. The molecular weight excluding hydrogens is 254 g/mol. The molecule has 1 aromatic rings. The zero-order valence-corrected chi connectivity index (χ0v) is 13.3. The number of unbranched alkanes of at least 4 members (excludes halogenated alkanes) is 3. The van der Waals surface area contributed by atoms with Crippen molar-refractivity contribution in [2.75, 3.05) is 6.54 Å². The lowest BCUT2D eigenvalue weighted by Crippen LogP contribution is -2.28. The van der Waals surface area contributed by atoms with Gasteiger partial charge in [-0.15, -0.1) is 0 Å². The van der Waals surface area contributed by atoms with Crippen LogP contribution in [0.1, 0.15) is 64.4 Å². The van der Waals surface area contributed by atoms with Crippen LogP contribution in [0.25, 0.3) is 0 Å². The van der Waals surface area contributed by atoms with Gasteiger partial charge in [0.1, 0.15) is 0 Å². The number of benzene rings is 1. The second-order valence-electron chi connectivity index (χ2n) is 5.66. The molecule has 0 saturated carbocycles. The Balaban J connectivity index is 2.54. The molecule has 0 spiro atoms. The van der Waals surface area contributed by atoms with E-state index in [-0.39, 0.29) is 0 Å². The number of rotatable bonds is 9. The van der Waals surface area contributed by atoms with E-state index < -0.39 is 0 Å². The highest BCUT2D eigenvalue weighted by molar-refractivity contribution is 6.30. The average Bonchev–Trinajstić information content (AvgIpc) is 2.39. The van der Waals surface area contributed by atoms with Crippen LogP contribution in [-0.2, 0) is 0 Å². The minimum atomic E-state index is 0.547. The van der Waals surface area contributed by atoms with Crippen molar-refractivity contribution in [2.24, 2.45) is 0 Å². The summed E-state index contributed by atoms with van der Waals surface area (Å²) in [5.74, 6) is 0.608. The van der Waals surface area contributed by atoms with Gasteiger partial charge in [0.05, 0.1) is 0 Å². The third-order valence-electron chi connectivity index (χ3n) is 3.52. The number of nitrogens with one attached hydrogen (secondary N) is 1. The van der Waals surface area contributed by atoms with E-state index in [1.54, 1.807) is 0 Å². The molecule has 1 unspecified atom stereocenters. The van der Waals surface area contributed by atoms with Gasteiger partial charge in [-0.2, -0.15) is 0 Å². The smallest absolute Gasteiger partial charge is 0.0406 e. The molecule has 1 N–H and O–H groups in total. The van der Waals surface area contributed by atoms with E-state index in [1.807, 2.05) is 12.1 Å². The molecule has 0 radical (unpaired) electrons. The summed E-state index contributed by atoms with van der Waals surface area (Å²) in [5.41, 5.74) is 1.41. The lowest BCUT2D eigenvalue weighted by molar-refractivity contribution is 0.486. The van der Waals surface area contributed by atoms with Gasteiger partial charge in [0.15, 0.2) is 0 Å². The SMILES string of the molecule is CCCCCCC(CNC(C)C)c1ccc(Cl)cc1. The predicted molar refractivity (Wildman–Crippen MR) is 86.1 cm³/mol. The summed E-state index contributed by atoms with van der Waals surface area (Å²) in [6.07, 6.45) is 6.59. The normalized spacial score (nSPS) is 12.9. The Kier molecular flexibility index (Phi) is 8.16. The predicted octanol–water partition coefficient (Wildman–Crippen LogP) is 5.39. The van der Waals surface area contributed by atoms with Crippen LogP contribution in [0.5, 0.6) is 0 Å². The molecule has 0 fully saturated rings. The molecule has 1 rings (SSSR count). The van der Waals surface area contributed by atoms with E-state index in [2.05, 4.69) is 38.2 Å². The van der Waals surface area contributed by atoms with E-state index in [0.717, 1.165) is 11.6 Å². The van der Waals surface area contributed by atoms with Crippen molar-refractivity contribution in [3.8, 4) is 0 Å². The summed E-state index contributed by atoms with van der Waals surface area (Å²) in [7, 11) is 0. The Morgan fingerprint density at radius 1 is 1.05 bits per heavy atom. The van der Waals surface area contributed by atoms with Crippen molar-refractivity contribution >= 4 is 11.6 Å². The van der Waals surface area contributed by atoms with E-state index in [1.165, 1.54) is 37.7 Å². The molecule has 1 nitrogen and oxygen atoms in total. The van der Waals surface area contributed by atoms with E-state index in [9.17, 15) is 0 Å². The zero-order valence-electron chi connectivity index (χ0n) is 12.6. The van der Waals surface area contributed by atoms with E-state index >= 15 is 0 Å². The first kappa shape index (κ1) is 16.5. The molecule has 0 aromatic heterocycles. The summed E-state index contributed by atoms with van der Waals surface area (Å²) in [6, 6.07) is 8.91. The Morgan fingerprint density at radius 3 is 2.32 bits per heavy atom. The van der Waals surface area contributed by atoms with Crippen molar-refractivity contribution in [3.05, 3.63) is 34.9 Å². The van der Waals surface area contributed by atoms with Crippen LogP contribution in [0.3, 0.4) is 0 Å². The summed E-state index contributed by atoms with van der Waals surface area (Å²) < 4.78 is 0. The summed E-state index contributed by atoms with van der Waals surface area (Å²) >= 11 is 5.97. The van der Waals surface area contributed by atoms with Crippen molar-refractivity contribution in [2.45, 2.75) is 64.8 Å². The second kappa shape index (κ2) is 9.39. The lowest BCUT2D eigenvalue weighted by atomic mass is 9.92. The van der Waals surface area contributed by atoms with Crippen LogP contribution in [0.4, 0.5) is 0 Å². The van der Waals surface area contributed by atoms with Crippen molar-refractivity contribution in [3.63, 3.8) is 0 Å². The molecule has 0 aliphatic carbocycles. The van der Waals surface area contributed by atoms with E-state index in [4.69, 9.17) is 11.6 Å². The number of halogens is 1. The Hall–Kier alpha value is -0.530. The number of hydrogen-bond donors (Lipinski definition) is 1. The molecule has 0 amide bonds. The molecule has 1 atom stereocenters. The minimum absolute atomic E-state index is 0.547. The van der Waals surface area contributed by atoms with Gasteiger partial charge in [0.2, 0.25) is 0 Å². The van der Waals surface area contributed by atoms with E-state index in [0.29, 0.717) is 12.0 Å². The first-order valence-corrected chi connectivity index (χ1v) is 8.00. The highest BCUT2D eigenvalue weighted by Crippen LogP contribution is 2.24. The van der Waals surface area contributed by atoms with Gasteiger partial charge in [0, 0.05) is 17.6 Å². The first-order chi connectivity index (χ1) is 9.13. The molecule has 0 bridgehead atoms. The third kappa shape index (κ3) is 6.98. The summed E-state index contributed by atoms with van der Waals surface area (Å²) in [5, 5.41) is 4.39. The Labute approximate surface area is 123 Å². The molecule has 0 aliphatic heterocycles. The van der Waals surface area contributed by atoms with Gasteiger partial charge in [-0.3, -0.25) is 0 Å². The maximum atomic E-state index is 5.97. The van der Waals surface area contributed by atoms with Crippen LogP contribution in [0, 0.1) is 0 Å². The quantitative estimate of drug-likeness (QED) is 0.598. The van der Waals surface area contributed by atoms with Crippen LogP contribution < -0.4 is 5.32 Å². The molecule has 1 aromatic carbocycles. The average molecular weight is 282 g/mol. The summed E-state index contributed by atoms with van der Waals surface area (Å²) in [4.78, 5) is 0. The monoisotopic (exact) mass is 281 g/mol. The van der Waals surface area contributed by atoms with Crippen molar-refractivity contribution in [1.82, 2.24) is 5.32 Å². The van der Waals surface area contributed by atoms with Gasteiger partial charge in [-0.1, -0.05) is 70.2 Å². The van der Waals surface area contributed by atoms with Crippen LogP contribution in [0.15, 0.2) is 24.3 Å². The van der Waals surface area contributed by atoms with Crippen LogP contribution >= 0.6 is 11.6 Å². The van der Waals surface area contributed by atoms with Gasteiger partial charge in [-0.25, -0.2) is 0 Å². The molecule has 2 heteroatoms. The van der Waals surface area contributed by atoms with Gasteiger partial charge < -0.3 is 5.32 Å². The highest BCUT2D eigenvalue weighted by atomic mass is 35.5. The van der Waals surface area contributed by atoms with Gasteiger partial charge in [-0.05, 0) is 30.0 Å². The van der Waals surface area contributed by atoms with Gasteiger partial charge in [0.25, 0.3) is 0 Å². The fraction of sp³-hybridized carbons (Fsp3) is 0.647. The summed E-state index contributed by atoms with van der Waals surface area (Å²) in [6.45, 7) is 7.73. The Bertz CT molecular complexity index is 332. The molecule has 108 valence electrons. The maximum Gasteiger partial charge on any atom is 0.0406 e. The third-order valence-corrected chi connectivity index (χ3v) is 3.77. The van der Waals surface area contributed by atoms with Crippen molar-refractivity contribution < 1.29 is 0 Å². The molecule has 0 heterocycles. The Morgan fingerprint density at radius 2 is 1.74 bits per heavy atom. The van der Waals surface area contributed by atoms with Crippen LogP contribution in [0.2, 0.25) is 5.02 Å². The van der Waals surface area contributed by atoms with Gasteiger partial charge >= 0.3 is 0 Å². The van der Waals surface area contributed by atoms with Crippen molar-refractivity contribution in [1.29, 1.82) is 0 Å². The largest absolute Gasteiger partial charge is 0.314 e. The maximum absolute atomic E-state index is 5.97. The highest BCUT2D eigenvalue weighted by Gasteiger charge is 2.11. The first-order valence-electron chi connectivity index (χ1n) is 7.62. The molecule has 0 saturated heterocycles. The lowest BCUT2D eigenvalue weighted by Gasteiger charge is -2.20. The zero-order chi connectivity index (χ0) is 14.1. The fourth-order valence-electron chi connectivity index (χ4n) is 2.32. The molecule has 0 aliphatic rings. The topological polar surface area (TPSA) is 12.0 Å².